The average molecular weight is 551 g/mol. The summed E-state index contributed by atoms with van der Waals surface area (Å²) in [6.07, 6.45) is 4.70. The highest BCUT2D eigenvalue weighted by atomic mass is 32.1. The van der Waals surface area contributed by atoms with E-state index in [1.54, 1.807) is 37.8 Å². The summed E-state index contributed by atoms with van der Waals surface area (Å²) < 4.78 is 29.6. The highest BCUT2D eigenvalue weighted by molar-refractivity contribution is 7.18. The number of nitrogens with zero attached hydrogens (tertiary/aromatic N) is 3. The Labute approximate surface area is 229 Å². The highest BCUT2D eigenvalue weighted by Gasteiger charge is 2.17. The molecule has 0 aliphatic rings. The van der Waals surface area contributed by atoms with Gasteiger partial charge in [-0.25, -0.2) is 14.3 Å². The van der Waals surface area contributed by atoms with Crippen molar-refractivity contribution in [3.8, 4) is 28.1 Å². The molecule has 11 heteroatoms. The summed E-state index contributed by atoms with van der Waals surface area (Å²) in [5.41, 5.74) is 2.87. The van der Waals surface area contributed by atoms with Crippen molar-refractivity contribution in [3.05, 3.63) is 54.2 Å². The molecule has 0 aliphatic carbocycles. The molecule has 0 aliphatic heterocycles. The molecule has 0 saturated heterocycles. The maximum Gasteiger partial charge on any atom is 0.338 e. The van der Waals surface area contributed by atoms with Gasteiger partial charge in [0.2, 0.25) is 4.96 Å². The smallest absolute Gasteiger partial charge is 0.338 e. The van der Waals surface area contributed by atoms with Crippen molar-refractivity contribution in [1.29, 1.82) is 0 Å². The van der Waals surface area contributed by atoms with Crippen LogP contribution in [0.5, 0.6) is 16.7 Å². The lowest BCUT2D eigenvalue weighted by Crippen LogP contribution is -2.06. The molecule has 10 nitrogen and oxygen atoms in total. The molecule has 0 bridgehead atoms. The zero-order valence-corrected chi connectivity index (χ0v) is 22.9. The van der Waals surface area contributed by atoms with Crippen LogP contribution in [0.4, 0.5) is 5.69 Å². The Morgan fingerprint density at radius 3 is 2.67 bits per heavy atom. The van der Waals surface area contributed by atoms with Crippen LogP contribution in [0.25, 0.3) is 27.4 Å². The number of unbranched alkanes of at least 4 members (excludes halogenated alkanes) is 2. The Balaban J connectivity index is 1.14. The number of hydrogen-bond acceptors (Lipinski definition) is 10. The van der Waals surface area contributed by atoms with Crippen molar-refractivity contribution in [2.24, 2.45) is 0 Å². The van der Waals surface area contributed by atoms with E-state index in [2.05, 4.69) is 15.4 Å². The quantitative estimate of drug-likeness (QED) is 0.138. The highest BCUT2D eigenvalue weighted by Crippen LogP contribution is 2.37. The second-order valence-corrected chi connectivity index (χ2v) is 9.63. The van der Waals surface area contributed by atoms with Crippen LogP contribution in [-0.4, -0.2) is 54.5 Å². The molecule has 3 heterocycles. The number of ether oxygens (including phenoxy) is 4. The van der Waals surface area contributed by atoms with Gasteiger partial charge in [-0.1, -0.05) is 0 Å². The number of benzene rings is 2. The Bertz CT molecular complexity index is 1520. The van der Waals surface area contributed by atoms with Crippen LogP contribution in [0, 0.1) is 0 Å². The SMILES string of the molecule is CCOC(=O)c1ccc(NCCCCCOc2cc(OC)cc3oc(-c4cn5nc(OC)sc5n4)cc23)cc1. The van der Waals surface area contributed by atoms with Gasteiger partial charge in [-0.3, -0.25) is 0 Å². The Hall–Kier alpha value is -4.25. The van der Waals surface area contributed by atoms with E-state index in [-0.39, 0.29) is 5.97 Å². The van der Waals surface area contributed by atoms with Gasteiger partial charge >= 0.3 is 5.97 Å². The van der Waals surface area contributed by atoms with E-state index in [1.807, 2.05) is 36.5 Å². The third-order valence-corrected chi connectivity index (χ3v) is 6.95. The fourth-order valence-electron chi connectivity index (χ4n) is 4.09. The maximum atomic E-state index is 11.8. The summed E-state index contributed by atoms with van der Waals surface area (Å²) >= 11 is 1.36. The van der Waals surface area contributed by atoms with E-state index in [0.29, 0.717) is 52.5 Å². The molecule has 3 aromatic heterocycles. The Kier molecular flexibility index (Phi) is 8.16. The van der Waals surface area contributed by atoms with Crippen LogP contribution in [0.3, 0.4) is 0 Å². The van der Waals surface area contributed by atoms with Gasteiger partial charge < -0.3 is 28.7 Å². The summed E-state index contributed by atoms with van der Waals surface area (Å²) in [4.78, 5) is 17.1. The molecule has 1 N–H and O–H groups in total. The van der Waals surface area contributed by atoms with Gasteiger partial charge in [-0.2, -0.15) is 0 Å². The van der Waals surface area contributed by atoms with Crippen molar-refractivity contribution in [2.45, 2.75) is 26.2 Å². The number of carbonyl (C=O) groups is 1. The lowest BCUT2D eigenvalue weighted by Gasteiger charge is -2.10. The summed E-state index contributed by atoms with van der Waals surface area (Å²) in [7, 11) is 3.20. The third kappa shape index (κ3) is 6.09. The topological polar surface area (TPSA) is 109 Å². The second-order valence-electron chi connectivity index (χ2n) is 8.71. The zero-order valence-electron chi connectivity index (χ0n) is 22.1. The van der Waals surface area contributed by atoms with Gasteiger partial charge in [-0.15, -0.1) is 5.10 Å². The number of anilines is 1. The molecule has 5 rings (SSSR count). The zero-order chi connectivity index (χ0) is 27.2. The minimum atomic E-state index is -0.302. The number of esters is 1. The minimum absolute atomic E-state index is 0.302. The fourth-order valence-corrected chi connectivity index (χ4v) is 4.79. The summed E-state index contributed by atoms with van der Waals surface area (Å²) in [5, 5.41) is 9.12. The molecule has 0 fully saturated rings. The number of fused-ring (bicyclic) bond motifs is 2. The van der Waals surface area contributed by atoms with E-state index in [1.165, 1.54) is 11.3 Å². The molecule has 0 saturated carbocycles. The van der Waals surface area contributed by atoms with Crippen molar-refractivity contribution >= 4 is 38.9 Å². The average Bonchev–Trinajstić information content (AvgIpc) is 3.66. The number of carbonyl (C=O) groups excluding carboxylic acids is 1. The van der Waals surface area contributed by atoms with Gasteiger partial charge in [0, 0.05) is 24.4 Å². The summed E-state index contributed by atoms with van der Waals surface area (Å²) in [5.74, 6) is 1.69. The molecule has 2 aromatic carbocycles. The number of furan rings is 1. The summed E-state index contributed by atoms with van der Waals surface area (Å²) in [6.45, 7) is 3.56. The fraction of sp³-hybridized carbons (Fsp3) is 0.321. The molecule has 39 heavy (non-hydrogen) atoms. The number of imidazole rings is 1. The monoisotopic (exact) mass is 550 g/mol. The largest absolute Gasteiger partial charge is 0.496 e. The molecule has 0 radical (unpaired) electrons. The molecular formula is C28H30N4O6S. The van der Waals surface area contributed by atoms with Crippen LogP contribution in [0.2, 0.25) is 0 Å². The Morgan fingerprint density at radius 2 is 1.92 bits per heavy atom. The summed E-state index contributed by atoms with van der Waals surface area (Å²) in [6, 6.07) is 13.0. The van der Waals surface area contributed by atoms with E-state index in [9.17, 15) is 4.79 Å². The second kappa shape index (κ2) is 12.1. The van der Waals surface area contributed by atoms with Gasteiger partial charge in [-0.05, 0) is 67.9 Å². The first-order valence-electron chi connectivity index (χ1n) is 12.7. The van der Waals surface area contributed by atoms with Crippen LogP contribution in [0.1, 0.15) is 36.5 Å². The minimum Gasteiger partial charge on any atom is -0.496 e. The lowest BCUT2D eigenvalue weighted by molar-refractivity contribution is 0.0526. The van der Waals surface area contributed by atoms with E-state index in [4.69, 9.17) is 23.4 Å². The molecule has 0 atom stereocenters. The molecule has 0 spiro atoms. The number of methoxy groups -OCH3 is 2. The maximum absolute atomic E-state index is 11.8. The normalized spacial score (nSPS) is 11.2. The van der Waals surface area contributed by atoms with Crippen molar-refractivity contribution in [2.75, 3.05) is 39.3 Å². The predicted octanol–water partition coefficient (Wildman–Crippen LogP) is 6.06. The first-order valence-corrected chi connectivity index (χ1v) is 13.6. The standard InChI is InChI=1S/C28H30N4O6S/c1-4-36-26(33)18-8-10-19(11-9-18)29-12-6-5-7-13-37-23-14-20(34-2)15-24-21(23)16-25(38-24)22-17-32-27(30-22)39-28(31-32)35-3/h8-11,14-17,29H,4-7,12-13H2,1-3H3. The first-order chi connectivity index (χ1) is 19.1. The Morgan fingerprint density at radius 1 is 1.08 bits per heavy atom. The van der Waals surface area contributed by atoms with Crippen molar-refractivity contribution in [1.82, 2.24) is 14.6 Å². The van der Waals surface area contributed by atoms with E-state index < -0.39 is 0 Å². The third-order valence-electron chi connectivity index (χ3n) is 6.06. The number of aromatic nitrogens is 3. The van der Waals surface area contributed by atoms with Crippen molar-refractivity contribution in [3.63, 3.8) is 0 Å². The molecular weight excluding hydrogens is 520 g/mol. The van der Waals surface area contributed by atoms with E-state index >= 15 is 0 Å². The van der Waals surface area contributed by atoms with Crippen LogP contribution in [-0.2, 0) is 4.74 Å². The lowest BCUT2D eigenvalue weighted by atomic mass is 10.2. The molecule has 5 aromatic rings. The first kappa shape index (κ1) is 26.4. The molecule has 0 amide bonds. The van der Waals surface area contributed by atoms with E-state index in [0.717, 1.165) is 41.8 Å². The van der Waals surface area contributed by atoms with Crippen LogP contribution < -0.4 is 19.5 Å². The van der Waals surface area contributed by atoms with Crippen molar-refractivity contribution < 1.29 is 28.2 Å². The van der Waals surface area contributed by atoms with Crippen LogP contribution >= 0.6 is 11.3 Å². The van der Waals surface area contributed by atoms with Gasteiger partial charge in [0.15, 0.2) is 5.76 Å². The predicted molar refractivity (Wildman–Crippen MR) is 149 cm³/mol. The molecule has 0 unspecified atom stereocenters. The van der Waals surface area contributed by atoms with Gasteiger partial charge in [0.1, 0.15) is 22.8 Å². The van der Waals surface area contributed by atoms with Gasteiger partial charge in [0.25, 0.3) is 5.19 Å². The van der Waals surface area contributed by atoms with Gasteiger partial charge in [0.05, 0.1) is 44.6 Å². The number of rotatable bonds is 13. The van der Waals surface area contributed by atoms with Crippen LogP contribution in [0.15, 0.2) is 53.1 Å². The molecule has 204 valence electrons. The number of nitrogens with one attached hydrogen (secondary N) is 1. The number of hydrogen-bond donors (Lipinski definition) is 1.